The summed E-state index contributed by atoms with van der Waals surface area (Å²) in [7, 11) is -2.61. The largest absolute Gasteiger partial charge is 0.497 e. The van der Waals surface area contributed by atoms with E-state index in [0.717, 1.165) is 4.90 Å². The lowest BCUT2D eigenvalue weighted by atomic mass is 9.85. The number of hydrogen-bond acceptors (Lipinski definition) is 11. The van der Waals surface area contributed by atoms with Gasteiger partial charge in [0.15, 0.2) is 0 Å². The lowest BCUT2D eigenvalue weighted by Crippen LogP contribution is -2.66. The number of carbonyl (C=O) groups excluding carboxylic acids is 3. The van der Waals surface area contributed by atoms with Gasteiger partial charge in [0.05, 0.1) is 31.6 Å². The molecule has 4 heterocycles. The van der Waals surface area contributed by atoms with Crippen LogP contribution in [0, 0.1) is 17.8 Å². The highest BCUT2D eigenvalue weighted by Crippen LogP contribution is 2.48. The Morgan fingerprint density at radius 2 is 1.79 bits per heavy atom. The first-order valence-corrected chi connectivity index (χ1v) is 22.9. The maximum Gasteiger partial charge on any atom is 0.411 e. The van der Waals surface area contributed by atoms with Crippen LogP contribution in [0.1, 0.15) is 79.6 Å². The van der Waals surface area contributed by atoms with Crippen molar-refractivity contribution in [2.45, 2.75) is 120 Å². The summed E-state index contributed by atoms with van der Waals surface area (Å²) < 4.78 is 89.7. The minimum absolute atomic E-state index is 0.0450. The number of nitrogens with one attached hydrogen (secondary N) is 2. The number of carbonyl (C=O) groups is 4. The topological polar surface area (TPSA) is 197 Å². The number of methoxy groups -OCH3 is 1. The molecule has 3 aliphatic heterocycles. The van der Waals surface area contributed by atoms with Gasteiger partial charge in [-0.15, -0.1) is 0 Å². The van der Waals surface area contributed by atoms with Crippen LogP contribution in [-0.4, -0.2) is 132 Å². The Morgan fingerprint density at radius 3 is 2.43 bits per heavy atom. The normalized spacial score (nSPS) is 29.6. The molecule has 0 radical (unpaired) electrons. The van der Waals surface area contributed by atoms with Crippen molar-refractivity contribution in [3.63, 3.8) is 0 Å². The van der Waals surface area contributed by atoms with Gasteiger partial charge in [-0.3, -0.25) is 24.0 Å². The molecule has 4 amide bonds. The first kappa shape index (κ1) is 46.2. The van der Waals surface area contributed by atoms with Crippen molar-refractivity contribution in [2.24, 2.45) is 17.8 Å². The summed E-state index contributed by atoms with van der Waals surface area (Å²) in [5, 5.41) is 14.6. The average Bonchev–Trinajstić information content (AvgIpc) is 4.10. The Labute approximate surface area is 364 Å². The fourth-order valence-corrected chi connectivity index (χ4v) is 10.4. The minimum atomic E-state index is -5.11. The molecule has 0 bridgehead atoms. The Bertz CT molecular complexity index is 2270. The lowest BCUT2D eigenvalue weighted by Gasteiger charge is -2.45. The molecule has 20 heteroatoms. The number of hydrogen-bond donors (Lipinski definition) is 3. The van der Waals surface area contributed by atoms with E-state index in [1.165, 1.54) is 21.0 Å². The SMILES string of the molecule is COc1ccc2c(O[C@@H]3C[C@H]4C(=O)N[C@]5(C(=O)NS(=O)(=O)C6(C)CC6)C[C@H]5/C=C\CC[C@@H](C)C[C@@H](C)[C@H](N(C(=O)O)C(C)(C)C(F)(F)F)C(=O)N4C3)nc(N3CCOCC3)cc2c1. The number of sulfonamides is 1. The first-order chi connectivity index (χ1) is 29.5. The molecule has 7 atom stereocenters. The van der Waals surface area contributed by atoms with Gasteiger partial charge in [-0.05, 0) is 101 Å². The van der Waals surface area contributed by atoms with Gasteiger partial charge in [-0.2, -0.15) is 18.2 Å². The van der Waals surface area contributed by atoms with Gasteiger partial charge in [-0.1, -0.05) is 26.0 Å². The van der Waals surface area contributed by atoms with Crippen LogP contribution < -0.4 is 24.4 Å². The van der Waals surface area contributed by atoms with E-state index in [-0.39, 0.29) is 42.5 Å². The maximum atomic E-state index is 15.2. The van der Waals surface area contributed by atoms with Gasteiger partial charge in [0.2, 0.25) is 27.7 Å². The number of carboxylic acid groups (broad SMARTS) is 1. The molecule has 2 aliphatic carbocycles. The number of aromatic nitrogens is 1. The monoisotopic (exact) mass is 906 g/mol. The van der Waals surface area contributed by atoms with Crippen LogP contribution in [0.5, 0.6) is 11.6 Å². The van der Waals surface area contributed by atoms with E-state index in [0.29, 0.717) is 88.2 Å². The number of pyridine rings is 1. The summed E-state index contributed by atoms with van der Waals surface area (Å²) in [5.74, 6) is -3.39. The second-order valence-electron chi connectivity index (χ2n) is 18.6. The van der Waals surface area contributed by atoms with Gasteiger partial charge in [0.1, 0.15) is 40.8 Å². The molecular weight excluding hydrogens is 850 g/mol. The molecule has 1 aromatic carbocycles. The number of fused-ring (bicyclic) bond motifs is 3. The van der Waals surface area contributed by atoms with Gasteiger partial charge in [0, 0.05) is 30.8 Å². The maximum absolute atomic E-state index is 15.2. The lowest BCUT2D eigenvalue weighted by molar-refractivity contribution is -0.222. The summed E-state index contributed by atoms with van der Waals surface area (Å²) in [6, 6.07) is 3.72. The number of amides is 4. The number of allylic oxidation sites excluding steroid dienone is 1. The van der Waals surface area contributed by atoms with Crippen molar-refractivity contribution in [3.8, 4) is 11.6 Å². The molecule has 2 saturated carbocycles. The Kier molecular flexibility index (Phi) is 12.4. The molecule has 2 saturated heterocycles. The molecule has 5 aliphatic rings. The third-order valence-electron chi connectivity index (χ3n) is 13.6. The molecule has 0 unspecified atom stereocenters. The molecule has 1 aromatic heterocycles. The first-order valence-electron chi connectivity index (χ1n) is 21.4. The summed E-state index contributed by atoms with van der Waals surface area (Å²) >= 11 is 0. The number of ether oxygens (including phenoxy) is 3. The van der Waals surface area contributed by atoms with Crippen molar-refractivity contribution in [1.82, 2.24) is 24.8 Å². The van der Waals surface area contributed by atoms with Gasteiger partial charge in [-0.25, -0.2) is 13.2 Å². The van der Waals surface area contributed by atoms with E-state index >= 15 is 4.79 Å². The van der Waals surface area contributed by atoms with Gasteiger partial charge < -0.3 is 34.4 Å². The zero-order valence-electron chi connectivity index (χ0n) is 36.4. The van der Waals surface area contributed by atoms with E-state index in [9.17, 15) is 41.1 Å². The average molecular weight is 907 g/mol. The Hall–Kier alpha value is -4.85. The van der Waals surface area contributed by atoms with Crippen molar-refractivity contribution < 1.29 is 60.1 Å². The predicted octanol–water partition coefficient (Wildman–Crippen LogP) is 5.00. The van der Waals surface area contributed by atoms with Crippen molar-refractivity contribution in [1.29, 1.82) is 0 Å². The van der Waals surface area contributed by atoms with Crippen molar-refractivity contribution in [3.05, 3.63) is 36.4 Å². The molecule has 0 spiro atoms. The third-order valence-corrected chi connectivity index (χ3v) is 15.7. The fraction of sp³-hybridized carbons (Fsp3) is 0.651. The van der Waals surface area contributed by atoms with E-state index in [4.69, 9.17) is 19.2 Å². The highest BCUT2D eigenvalue weighted by Gasteiger charge is 2.64. The molecule has 346 valence electrons. The number of nitrogens with zero attached hydrogens (tertiary/aromatic N) is 4. The van der Waals surface area contributed by atoms with E-state index < -0.39 is 85.9 Å². The second kappa shape index (κ2) is 16.9. The quantitative estimate of drug-likeness (QED) is 0.285. The second-order valence-corrected chi connectivity index (χ2v) is 20.8. The minimum Gasteiger partial charge on any atom is -0.497 e. The molecule has 2 aromatic rings. The standard InChI is InChI=1S/C43H57F3N6O10S/c1-25-9-7-8-10-28-23-42(28,38(55)49-63(58,59)41(5)13-14-41)48-35(53)32-22-30(24-51(32)37(54)34(26(2)19-25)52(39(56)57)40(3,4)43(44,45)46)62-36-31-12-11-29(60-6)20-27(31)21-33(47-36)50-15-17-61-18-16-50/h8,10-12,20-21,25-26,28,30,32,34H,7,9,13-19,22-24H2,1-6H3,(H,48,53)(H,49,55)(H,56,57)/b10-8-/t25-,26-,28-,30-,32+,34+,42-/m1/s1. The fourth-order valence-electron chi connectivity index (χ4n) is 9.10. The van der Waals surface area contributed by atoms with Crippen LogP contribution in [0.3, 0.4) is 0 Å². The number of morpholine rings is 1. The van der Waals surface area contributed by atoms with E-state index in [2.05, 4.69) is 10.0 Å². The molecule has 63 heavy (non-hydrogen) atoms. The van der Waals surface area contributed by atoms with Crippen LogP contribution in [0.25, 0.3) is 10.8 Å². The van der Waals surface area contributed by atoms with Gasteiger partial charge in [0.25, 0.3) is 5.91 Å². The molecule has 16 nitrogen and oxygen atoms in total. The molecule has 4 fully saturated rings. The highest BCUT2D eigenvalue weighted by atomic mass is 32.2. The highest BCUT2D eigenvalue weighted by molar-refractivity contribution is 7.91. The number of rotatable bonds is 9. The molecular formula is C43H57F3N6O10S. The van der Waals surface area contributed by atoms with Crippen LogP contribution >= 0.6 is 0 Å². The Morgan fingerprint density at radius 1 is 1.10 bits per heavy atom. The summed E-state index contributed by atoms with van der Waals surface area (Å²) in [6.07, 6.45) is -2.91. The Balaban J connectivity index is 1.31. The van der Waals surface area contributed by atoms with Gasteiger partial charge >= 0.3 is 12.3 Å². The third kappa shape index (κ3) is 8.98. The zero-order valence-corrected chi connectivity index (χ0v) is 37.2. The van der Waals surface area contributed by atoms with Crippen LogP contribution in [-0.2, 0) is 29.1 Å². The van der Waals surface area contributed by atoms with Crippen molar-refractivity contribution >= 4 is 50.4 Å². The number of anilines is 1. The van der Waals surface area contributed by atoms with Crippen LogP contribution in [0.15, 0.2) is 36.4 Å². The number of benzene rings is 1. The van der Waals surface area contributed by atoms with E-state index in [1.807, 2.05) is 24.0 Å². The van der Waals surface area contributed by atoms with Crippen LogP contribution in [0.2, 0.25) is 0 Å². The summed E-state index contributed by atoms with van der Waals surface area (Å²) in [5.41, 5.74) is -4.78. The van der Waals surface area contributed by atoms with E-state index in [1.54, 1.807) is 24.3 Å². The molecule has 7 rings (SSSR count). The van der Waals surface area contributed by atoms with Crippen molar-refractivity contribution in [2.75, 3.05) is 44.9 Å². The summed E-state index contributed by atoms with van der Waals surface area (Å²) in [4.78, 5) is 65.1. The summed E-state index contributed by atoms with van der Waals surface area (Å²) in [6.45, 7) is 7.93. The molecule has 3 N–H and O–H groups in total. The predicted molar refractivity (Wildman–Crippen MR) is 225 cm³/mol. The smallest absolute Gasteiger partial charge is 0.411 e. The zero-order chi connectivity index (χ0) is 45.9. The number of halogens is 3. The number of alkyl halides is 3. The van der Waals surface area contributed by atoms with Crippen LogP contribution in [0.4, 0.5) is 23.8 Å².